The van der Waals surface area contributed by atoms with Gasteiger partial charge in [0.05, 0.1) is 11.6 Å². The van der Waals surface area contributed by atoms with Crippen molar-refractivity contribution in [3.8, 4) is 5.75 Å². The van der Waals surface area contributed by atoms with Gasteiger partial charge >= 0.3 is 5.97 Å². The third-order valence-corrected chi connectivity index (χ3v) is 2.85. The van der Waals surface area contributed by atoms with E-state index >= 15 is 0 Å². The number of fused-ring (bicyclic) bond motifs is 1. The third-order valence-electron chi connectivity index (χ3n) is 2.33. The van der Waals surface area contributed by atoms with Crippen molar-refractivity contribution in [1.82, 2.24) is 0 Å². The maximum absolute atomic E-state index is 11.5. The van der Waals surface area contributed by atoms with E-state index in [1.807, 2.05) is 30.5 Å². The fourth-order valence-corrected chi connectivity index (χ4v) is 2.09. The number of nitrogens with zero attached hydrogens (tertiary/aromatic N) is 1. The molecule has 1 aromatic carbocycles. The van der Waals surface area contributed by atoms with Gasteiger partial charge in [-0.15, -0.1) is 11.8 Å². The van der Waals surface area contributed by atoms with E-state index in [9.17, 15) is 9.59 Å². The summed E-state index contributed by atoms with van der Waals surface area (Å²) in [7, 11) is 1.34. The highest BCUT2D eigenvalue weighted by atomic mass is 32.2. The van der Waals surface area contributed by atoms with E-state index in [-0.39, 0.29) is 19.1 Å². The van der Waals surface area contributed by atoms with Gasteiger partial charge in [-0.2, -0.15) is 0 Å². The molecule has 0 atom stereocenters. The van der Waals surface area contributed by atoms with E-state index < -0.39 is 5.97 Å². The van der Waals surface area contributed by atoms with Gasteiger partial charge in [0.25, 0.3) is 5.91 Å². The maximum atomic E-state index is 11.5. The van der Waals surface area contributed by atoms with Gasteiger partial charge in [0.15, 0.2) is 6.61 Å². The predicted octanol–water partition coefficient (Wildman–Crippen LogP) is 1.45. The normalized spacial score (nSPS) is 12.9. The van der Waals surface area contributed by atoms with Crippen LogP contribution in [0.3, 0.4) is 0 Å². The van der Waals surface area contributed by atoms with E-state index in [1.165, 1.54) is 7.11 Å². The lowest BCUT2D eigenvalue weighted by Crippen LogP contribution is -2.38. The molecule has 1 N–H and O–H groups in total. The van der Waals surface area contributed by atoms with Gasteiger partial charge in [-0.05, 0) is 18.4 Å². The van der Waals surface area contributed by atoms with Crippen LogP contribution < -0.4 is 9.64 Å². The van der Waals surface area contributed by atoms with Gasteiger partial charge in [0, 0.05) is 7.11 Å². The second-order valence-electron chi connectivity index (χ2n) is 3.82. The van der Waals surface area contributed by atoms with Crippen LogP contribution in [-0.2, 0) is 14.3 Å². The summed E-state index contributed by atoms with van der Waals surface area (Å²) in [6.07, 6.45) is 1.98. The molecule has 0 spiro atoms. The Morgan fingerprint density at radius 1 is 1.50 bits per heavy atom. The molecular formula is C13H17NO5S. The maximum Gasteiger partial charge on any atom is 0.329 e. The number of thioether (sulfide) groups is 1. The molecule has 20 heavy (non-hydrogen) atoms. The molecule has 0 unspecified atom stereocenters. The summed E-state index contributed by atoms with van der Waals surface area (Å²) in [4.78, 5) is 22.8. The molecule has 0 fully saturated rings. The number of anilines is 1. The van der Waals surface area contributed by atoms with Crippen LogP contribution in [0.1, 0.15) is 0 Å². The van der Waals surface area contributed by atoms with E-state index in [4.69, 9.17) is 9.84 Å². The molecule has 0 aromatic heterocycles. The van der Waals surface area contributed by atoms with Crippen LogP contribution in [0, 0.1) is 0 Å². The topological polar surface area (TPSA) is 76.1 Å². The summed E-state index contributed by atoms with van der Waals surface area (Å²) in [5, 5.41) is 7.79. The number of aliphatic carboxylic acids is 1. The minimum atomic E-state index is -0.933. The fraction of sp³-hybridized carbons (Fsp3) is 0.385. The zero-order valence-electron chi connectivity index (χ0n) is 11.4. The third kappa shape index (κ3) is 4.75. The van der Waals surface area contributed by atoms with E-state index in [2.05, 4.69) is 4.74 Å². The number of carboxylic acid groups (broad SMARTS) is 1. The molecule has 0 saturated carbocycles. The Bertz CT molecular complexity index is 466. The molecule has 0 bridgehead atoms. The molecule has 7 heteroatoms. The molecule has 1 aliphatic rings. The lowest BCUT2D eigenvalue weighted by atomic mass is 10.2. The van der Waals surface area contributed by atoms with Gasteiger partial charge in [0.1, 0.15) is 12.4 Å². The Hall–Kier alpha value is -1.73. The van der Waals surface area contributed by atoms with Crippen molar-refractivity contribution >= 4 is 29.3 Å². The lowest BCUT2D eigenvalue weighted by Gasteiger charge is -2.28. The summed E-state index contributed by atoms with van der Waals surface area (Å²) in [5.41, 5.74) is 0.873. The number of rotatable bonds is 4. The second kappa shape index (κ2) is 8.44. The molecule has 6 nitrogen and oxygen atoms in total. The number of hydrogen-bond donors (Lipinski definition) is 1. The summed E-state index contributed by atoms with van der Waals surface area (Å²) < 4.78 is 9.52. The van der Waals surface area contributed by atoms with Crippen LogP contribution in [0.15, 0.2) is 24.3 Å². The molecule has 0 saturated heterocycles. The lowest BCUT2D eigenvalue weighted by molar-refractivity contribution is -0.141. The summed E-state index contributed by atoms with van der Waals surface area (Å²) >= 11 is 1.63. The molecular weight excluding hydrogens is 282 g/mol. The Morgan fingerprint density at radius 3 is 2.75 bits per heavy atom. The molecule has 0 aliphatic carbocycles. The minimum absolute atomic E-state index is 0.0260. The molecule has 2 rings (SSSR count). The first-order valence-corrected chi connectivity index (χ1v) is 7.21. The number of ether oxygens (including phenoxy) is 2. The zero-order valence-corrected chi connectivity index (χ0v) is 12.2. The molecule has 1 amide bonds. The number of hydrogen-bond acceptors (Lipinski definition) is 5. The van der Waals surface area contributed by atoms with Crippen LogP contribution in [0.4, 0.5) is 5.69 Å². The number of carbonyl (C=O) groups is 2. The molecule has 110 valence electrons. The Balaban J connectivity index is 0.000000286. The standard InChI is InChI=1S/C10H11NO2S.C3H6O3/c1-14-7-11-8-4-2-3-5-9(8)13-6-10(11)12;1-6-2-3(4)5/h2-5H,6-7H2,1H3;2H2,1H3,(H,4,5). The smallest absolute Gasteiger partial charge is 0.329 e. The highest BCUT2D eigenvalue weighted by molar-refractivity contribution is 7.98. The van der Waals surface area contributed by atoms with Crippen LogP contribution in [0.2, 0.25) is 0 Å². The first kappa shape index (κ1) is 16.3. The van der Waals surface area contributed by atoms with Gasteiger partial charge in [-0.1, -0.05) is 12.1 Å². The Labute approximate surface area is 121 Å². The van der Waals surface area contributed by atoms with Crippen molar-refractivity contribution in [3.63, 3.8) is 0 Å². The fourth-order valence-electron chi connectivity index (χ4n) is 1.55. The number of benzene rings is 1. The predicted molar refractivity (Wildman–Crippen MR) is 77.3 cm³/mol. The van der Waals surface area contributed by atoms with Crippen molar-refractivity contribution < 1.29 is 24.2 Å². The van der Waals surface area contributed by atoms with Crippen molar-refractivity contribution in [3.05, 3.63) is 24.3 Å². The van der Waals surface area contributed by atoms with Crippen LogP contribution >= 0.6 is 11.8 Å². The zero-order chi connectivity index (χ0) is 15.0. The summed E-state index contributed by atoms with van der Waals surface area (Å²) in [5.74, 6) is 0.566. The monoisotopic (exact) mass is 299 g/mol. The first-order chi connectivity index (χ1) is 9.60. The van der Waals surface area contributed by atoms with Gasteiger partial charge in [-0.3, -0.25) is 9.69 Å². The number of para-hydroxylation sites is 2. The summed E-state index contributed by atoms with van der Waals surface area (Å²) in [6, 6.07) is 7.61. The first-order valence-electron chi connectivity index (χ1n) is 5.82. The minimum Gasteiger partial charge on any atom is -0.482 e. The Kier molecular flexibility index (Phi) is 6.89. The van der Waals surface area contributed by atoms with Crippen LogP contribution in [0.5, 0.6) is 5.75 Å². The second-order valence-corrected chi connectivity index (χ2v) is 4.66. The van der Waals surface area contributed by atoms with Gasteiger partial charge < -0.3 is 14.6 Å². The molecule has 0 radical (unpaired) electrons. The van der Waals surface area contributed by atoms with Crippen molar-refractivity contribution in [2.24, 2.45) is 0 Å². The average molecular weight is 299 g/mol. The van der Waals surface area contributed by atoms with Crippen molar-refractivity contribution in [2.75, 3.05) is 37.4 Å². The summed E-state index contributed by atoms with van der Waals surface area (Å²) in [6.45, 7) is -0.0580. The van der Waals surface area contributed by atoms with Gasteiger partial charge in [-0.25, -0.2) is 4.79 Å². The average Bonchev–Trinajstić information content (AvgIpc) is 2.43. The van der Waals surface area contributed by atoms with Crippen molar-refractivity contribution in [1.29, 1.82) is 0 Å². The molecule has 1 aromatic rings. The highest BCUT2D eigenvalue weighted by Crippen LogP contribution is 2.31. The van der Waals surface area contributed by atoms with Gasteiger partial charge in [0.2, 0.25) is 0 Å². The number of carboxylic acids is 1. The van der Waals surface area contributed by atoms with Crippen LogP contribution in [-0.4, -0.2) is 49.4 Å². The molecule has 1 aliphatic heterocycles. The van der Waals surface area contributed by atoms with Crippen molar-refractivity contribution in [2.45, 2.75) is 0 Å². The number of methoxy groups -OCH3 is 1. The highest BCUT2D eigenvalue weighted by Gasteiger charge is 2.24. The van der Waals surface area contributed by atoms with E-state index in [0.29, 0.717) is 5.88 Å². The Morgan fingerprint density at radius 2 is 2.20 bits per heavy atom. The SMILES string of the molecule is COCC(=O)O.CSCN1C(=O)COc2ccccc21. The van der Waals surface area contributed by atoms with Crippen LogP contribution in [0.25, 0.3) is 0 Å². The largest absolute Gasteiger partial charge is 0.482 e. The molecule has 1 heterocycles. The number of carbonyl (C=O) groups excluding carboxylic acids is 1. The van der Waals surface area contributed by atoms with E-state index in [1.54, 1.807) is 16.7 Å². The number of amides is 1. The van der Waals surface area contributed by atoms with E-state index in [0.717, 1.165) is 11.4 Å². The quantitative estimate of drug-likeness (QED) is 0.907.